The van der Waals surface area contributed by atoms with E-state index >= 15 is 0 Å². The summed E-state index contributed by atoms with van der Waals surface area (Å²) in [6, 6.07) is 3.79. The van der Waals surface area contributed by atoms with Gasteiger partial charge in [0.25, 0.3) is 0 Å². The van der Waals surface area contributed by atoms with Crippen molar-refractivity contribution in [3.05, 3.63) is 17.0 Å². The monoisotopic (exact) mass is 235 g/mol. The number of thiophene rings is 1. The van der Waals surface area contributed by atoms with E-state index in [4.69, 9.17) is 5.26 Å². The Labute approximate surface area is 98.3 Å². The van der Waals surface area contributed by atoms with E-state index in [9.17, 15) is 4.79 Å². The van der Waals surface area contributed by atoms with E-state index < -0.39 is 0 Å². The van der Waals surface area contributed by atoms with Gasteiger partial charge in [-0.1, -0.05) is 0 Å². The Kier molecular flexibility index (Phi) is 3.54. The van der Waals surface area contributed by atoms with Crippen molar-refractivity contribution in [3.8, 4) is 6.07 Å². The summed E-state index contributed by atoms with van der Waals surface area (Å²) in [6.45, 7) is 1.79. The van der Waals surface area contributed by atoms with Gasteiger partial charge in [-0.2, -0.15) is 5.26 Å². The standard InChI is InChI=1S/C11H13N3OS/c12-7-9-3-6-16-11(9)14-10(15)8-1-4-13-5-2-8/h3,6,8,13H,1-2,4-5H2,(H,14,15). The molecule has 0 unspecified atom stereocenters. The Hall–Kier alpha value is -1.38. The Balaban J connectivity index is 1.99. The van der Waals surface area contributed by atoms with Crippen molar-refractivity contribution >= 4 is 22.2 Å². The summed E-state index contributed by atoms with van der Waals surface area (Å²) < 4.78 is 0. The molecule has 2 rings (SSSR count). The predicted molar refractivity (Wildman–Crippen MR) is 63.3 cm³/mol. The van der Waals surface area contributed by atoms with Crippen LogP contribution in [-0.4, -0.2) is 19.0 Å². The van der Waals surface area contributed by atoms with Crippen LogP contribution in [0, 0.1) is 17.2 Å². The molecule has 1 saturated heterocycles. The molecule has 1 aliphatic rings. The normalized spacial score (nSPS) is 16.7. The van der Waals surface area contributed by atoms with Crippen molar-refractivity contribution in [2.24, 2.45) is 5.92 Å². The second-order valence-electron chi connectivity index (χ2n) is 3.79. The number of rotatable bonds is 2. The second kappa shape index (κ2) is 5.10. The summed E-state index contributed by atoms with van der Waals surface area (Å²) in [6.07, 6.45) is 1.75. The first-order chi connectivity index (χ1) is 7.81. The third-order valence-electron chi connectivity index (χ3n) is 2.73. The van der Waals surface area contributed by atoms with E-state index in [-0.39, 0.29) is 11.8 Å². The molecule has 0 saturated carbocycles. The van der Waals surface area contributed by atoms with Gasteiger partial charge >= 0.3 is 0 Å². The highest BCUT2D eigenvalue weighted by Gasteiger charge is 2.21. The predicted octanol–water partition coefficient (Wildman–Crippen LogP) is 1.56. The van der Waals surface area contributed by atoms with Crippen LogP contribution in [0.3, 0.4) is 0 Å². The smallest absolute Gasteiger partial charge is 0.228 e. The van der Waals surface area contributed by atoms with Crippen LogP contribution < -0.4 is 10.6 Å². The number of carbonyl (C=O) groups excluding carboxylic acids is 1. The lowest BCUT2D eigenvalue weighted by atomic mass is 9.97. The molecule has 1 aromatic rings. The minimum atomic E-state index is 0.0421. The van der Waals surface area contributed by atoms with Gasteiger partial charge in [-0.25, -0.2) is 0 Å². The Morgan fingerprint density at radius 2 is 2.31 bits per heavy atom. The number of nitrogens with zero attached hydrogens (tertiary/aromatic N) is 1. The molecule has 84 valence electrons. The average Bonchev–Trinajstić information content (AvgIpc) is 2.77. The van der Waals surface area contributed by atoms with Crippen LogP contribution in [-0.2, 0) is 4.79 Å². The number of carbonyl (C=O) groups is 1. The molecule has 4 nitrogen and oxygen atoms in total. The van der Waals surface area contributed by atoms with Crippen LogP contribution in [0.4, 0.5) is 5.00 Å². The first kappa shape index (κ1) is 11.1. The van der Waals surface area contributed by atoms with Crippen LogP contribution in [0.1, 0.15) is 18.4 Å². The third kappa shape index (κ3) is 2.40. The number of nitriles is 1. The fourth-order valence-corrected chi connectivity index (χ4v) is 2.53. The molecule has 0 atom stereocenters. The van der Waals surface area contributed by atoms with Gasteiger partial charge in [-0.3, -0.25) is 4.79 Å². The van der Waals surface area contributed by atoms with Gasteiger partial charge in [0.2, 0.25) is 5.91 Å². The minimum Gasteiger partial charge on any atom is -0.317 e. The maximum Gasteiger partial charge on any atom is 0.228 e. The summed E-state index contributed by atoms with van der Waals surface area (Å²) in [5.41, 5.74) is 0.548. The summed E-state index contributed by atoms with van der Waals surface area (Å²) in [7, 11) is 0. The van der Waals surface area contributed by atoms with Crippen molar-refractivity contribution in [2.45, 2.75) is 12.8 Å². The topological polar surface area (TPSA) is 64.9 Å². The molecule has 16 heavy (non-hydrogen) atoms. The second-order valence-corrected chi connectivity index (χ2v) is 4.70. The molecule has 1 amide bonds. The molecule has 1 fully saturated rings. The lowest BCUT2D eigenvalue weighted by Crippen LogP contribution is -2.34. The van der Waals surface area contributed by atoms with E-state index in [2.05, 4.69) is 16.7 Å². The molecule has 2 heterocycles. The molecular formula is C11H13N3OS. The highest BCUT2D eigenvalue weighted by atomic mass is 32.1. The van der Waals surface area contributed by atoms with Crippen molar-refractivity contribution in [3.63, 3.8) is 0 Å². The highest BCUT2D eigenvalue weighted by Crippen LogP contribution is 2.24. The highest BCUT2D eigenvalue weighted by molar-refractivity contribution is 7.14. The van der Waals surface area contributed by atoms with Crippen LogP contribution >= 0.6 is 11.3 Å². The maximum atomic E-state index is 11.9. The summed E-state index contributed by atoms with van der Waals surface area (Å²) in [5.74, 6) is 0.121. The van der Waals surface area contributed by atoms with Gasteiger partial charge in [0.05, 0.1) is 5.56 Å². The Bertz CT molecular complexity index is 415. The van der Waals surface area contributed by atoms with Crippen LogP contribution in [0.25, 0.3) is 0 Å². The fraction of sp³-hybridized carbons (Fsp3) is 0.455. The molecule has 5 heteroatoms. The number of nitrogens with one attached hydrogen (secondary N) is 2. The molecule has 0 aromatic carbocycles. The first-order valence-corrected chi connectivity index (χ1v) is 6.18. The summed E-state index contributed by atoms with van der Waals surface area (Å²) >= 11 is 1.40. The summed E-state index contributed by atoms with van der Waals surface area (Å²) in [5, 5.41) is 17.4. The largest absolute Gasteiger partial charge is 0.317 e. The average molecular weight is 235 g/mol. The maximum absolute atomic E-state index is 11.9. The zero-order valence-corrected chi connectivity index (χ0v) is 9.64. The van der Waals surface area contributed by atoms with Crippen LogP contribution in [0.2, 0.25) is 0 Å². The van der Waals surface area contributed by atoms with Gasteiger partial charge in [0, 0.05) is 5.92 Å². The first-order valence-electron chi connectivity index (χ1n) is 5.30. The van der Waals surface area contributed by atoms with Crippen molar-refractivity contribution < 1.29 is 4.79 Å². The Morgan fingerprint density at radius 3 is 3.00 bits per heavy atom. The lowest BCUT2D eigenvalue weighted by molar-refractivity contribution is -0.120. The van der Waals surface area contributed by atoms with Gasteiger partial charge in [-0.05, 0) is 37.4 Å². The SMILES string of the molecule is N#Cc1ccsc1NC(=O)C1CCNCC1. The fourth-order valence-electron chi connectivity index (χ4n) is 1.79. The van der Waals surface area contributed by atoms with Crippen molar-refractivity contribution in [1.29, 1.82) is 5.26 Å². The summed E-state index contributed by atoms with van der Waals surface area (Å²) in [4.78, 5) is 11.9. The lowest BCUT2D eigenvalue weighted by Gasteiger charge is -2.21. The zero-order chi connectivity index (χ0) is 11.4. The van der Waals surface area contributed by atoms with Crippen molar-refractivity contribution in [1.82, 2.24) is 5.32 Å². The molecule has 0 aliphatic carbocycles. The van der Waals surface area contributed by atoms with Gasteiger partial charge in [0.15, 0.2) is 0 Å². The number of hydrogen-bond donors (Lipinski definition) is 2. The number of hydrogen-bond acceptors (Lipinski definition) is 4. The van der Waals surface area contributed by atoms with Crippen molar-refractivity contribution in [2.75, 3.05) is 18.4 Å². The molecule has 0 bridgehead atoms. The molecule has 0 radical (unpaired) electrons. The third-order valence-corrected chi connectivity index (χ3v) is 3.56. The molecule has 2 N–H and O–H groups in total. The number of amides is 1. The molecule has 1 aromatic heterocycles. The Morgan fingerprint density at radius 1 is 1.56 bits per heavy atom. The van der Waals surface area contributed by atoms with E-state index in [1.807, 2.05) is 5.38 Å². The minimum absolute atomic E-state index is 0.0421. The quantitative estimate of drug-likeness (QED) is 0.817. The van der Waals surface area contributed by atoms with Crippen LogP contribution in [0.15, 0.2) is 11.4 Å². The van der Waals surface area contributed by atoms with Crippen LogP contribution in [0.5, 0.6) is 0 Å². The van der Waals surface area contributed by atoms with E-state index in [0.717, 1.165) is 25.9 Å². The van der Waals surface area contributed by atoms with Gasteiger partial charge in [0.1, 0.15) is 11.1 Å². The van der Waals surface area contributed by atoms with Gasteiger partial charge in [-0.15, -0.1) is 11.3 Å². The van der Waals surface area contributed by atoms with E-state index in [1.54, 1.807) is 6.07 Å². The number of piperidine rings is 1. The molecule has 0 spiro atoms. The number of anilines is 1. The zero-order valence-electron chi connectivity index (χ0n) is 8.82. The van der Waals surface area contributed by atoms with E-state index in [1.165, 1.54) is 11.3 Å². The molecular weight excluding hydrogens is 222 g/mol. The van der Waals surface area contributed by atoms with Gasteiger partial charge < -0.3 is 10.6 Å². The van der Waals surface area contributed by atoms with E-state index in [0.29, 0.717) is 10.6 Å². The molecule has 1 aliphatic heterocycles.